The fourth-order valence-corrected chi connectivity index (χ4v) is 2.23. The first-order valence-corrected chi connectivity index (χ1v) is 5.51. The molecule has 1 heterocycles. The van der Waals surface area contributed by atoms with Crippen LogP contribution in [0.15, 0.2) is 24.3 Å². The van der Waals surface area contributed by atoms with Gasteiger partial charge in [0.05, 0.1) is 5.54 Å². The van der Waals surface area contributed by atoms with Crippen molar-refractivity contribution in [2.45, 2.75) is 24.9 Å². The Morgan fingerprint density at radius 3 is 2.94 bits per heavy atom. The van der Waals surface area contributed by atoms with Crippen molar-refractivity contribution in [3.8, 4) is 0 Å². The zero-order chi connectivity index (χ0) is 11.2. The van der Waals surface area contributed by atoms with Crippen LogP contribution in [-0.4, -0.2) is 18.2 Å². The van der Waals surface area contributed by atoms with Gasteiger partial charge in [-0.1, -0.05) is 12.1 Å². The molecule has 1 spiro atoms. The van der Waals surface area contributed by atoms with E-state index in [-0.39, 0.29) is 11.6 Å². The van der Waals surface area contributed by atoms with Crippen LogP contribution in [0, 0.1) is 0 Å². The number of rotatable bonds is 2. The van der Waals surface area contributed by atoms with E-state index in [2.05, 4.69) is 0 Å². The van der Waals surface area contributed by atoms with Crippen LogP contribution < -0.4 is 10.6 Å². The molecule has 0 bridgehead atoms. The predicted octanol–water partition coefficient (Wildman–Crippen LogP) is 1.63. The van der Waals surface area contributed by atoms with Crippen molar-refractivity contribution in [3.05, 3.63) is 29.8 Å². The van der Waals surface area contributed by atoms with Gasteiger partial charge in [0.25, 0.3) is 0 Å². The number of amides is 1. The van der Waals surface area contributed by atoms with Gasteiger partial charge in [-0.25, -0.2) is 4.79 Å². The summed E-state index contributed by atoms with van der Waals surface area (Å²) in [5.41, 5.74) is 7.49. The molecule has 0 radical (unpaired) electrons. The minimum atomic E-state index is -0.230. The zero-order valence-corrected chi connectivity index (χ0v) is 8.98. The van der Waals surface area contributed by atoms with Gasteiger partial charge in [-0.15, -0.1) is 0 Å². The minimum Gasteiger partial charge on any atom is -0.447 e. The van der Waals surface area contributed by atoms with Crippen LogP contribution in [0.4, 0.5) is 10.5 Å². The Labute approximate surface area is 94.0 Å². The van der Waals surface area contributed by atoms with Gasteiger partial charge in [-0.05, 0) is 30.5 Å². The molecule has 0 aromatic heterocycles. The summed E-state index contributed by atoms with van der Waals surface area (Å²) in [5.74, 6) is 0. The maximum absolute atomic E-state index is 11.7. The number of hydrogen-bond acceptors (Lipinski definition) is 3. The molecular weight excluding hydrogens is 204 g/mol. The molecule has 16 heavy (non-hydrogen) atoms. The van der Waals surface area contributed by atoms with Gasteiger partial charge in [0.2, 0.25) is 0 Å². The molecule has 2 fully saturated rings. The SMILES string of the molecule is NCc1cccc(N2C(=O)OCC23CC3)c1. The molecule has 0 atom stereocenters. The average molecular weight is 218 g/mol. The highest BCUT2D eigenvalue weighted by atomic mass is 16.6. The first kappa shape index (κ1) is 9.66. The second-order valence-electron chi connectivity index (χ2n) is 4.49. The van der Waals surface area contributed by atoms with E-state index in [0.717, 1.165) is 24.1 Å². The van der Waals surface area contributed by atoms with E-state index in [0.29, 0.717) is 13.2 Å². The van der Waals surface area contributed by atoms with Crippen molar-refractivity contribution in [3.63, 3.8) is 0 Å². The lowest BCUT2D eigenvalue weighted by Gasteiger charge is -2.21. The molecule has 3 rings (SSSR count). The highest BCUT2D eigenvalue weighted by molar-refractivity contribution is 5.92. The summed E-state index contributed by atoms with van der Waals surface area (Å²) < 4.78 is 5.13. The van der Waals surface area contributed by atoms with Gasteiger partial charge < -0.3 is 10.5 Å². The summed E-state index contributed by atoms with van der Waals surface area (Å²) in [4.78, 5) is 13.5. The molecule has 1 aromatic carbocycles. The number of hydrogen-bond donors (Lipinski definition) is 1. The molecule has 0 unspecified atom stereocenters. The fraction of sp³-hybridized carbons (Fsp3) is 0.417. The second kappa shape index (κ2) is 3.22. The average Bonchev–Trinajstić information content (AvgIpc) is 3.00. The predicted molar refractivity (Wildman–Crippen MR) is 60.1 cm³/mol. The third kappa shape index (κ3) is 1.30. The van der Waals surface area contributed by atoms with Crippen molar-refractivity contribution in [2.75, 3.05) is 11.5 Å². The topological polar surface area (TPSA) is 55.6 Å². The van der Waals surface area contributed by atoms with Crippen LogP contribution in [0.1, 0.15) is 18.4 Å². The molecule has 2 aliphatic rings. The van der Waals surface area contributed by atoms with Crippen LogP contribution in [0.3, 0.4) is 0 Å². The van der Waals surface area contributed by atoms with Crippen molar-refractivity contribution in [1.82, 2.24) is 0 Å². The highest BCUT2D eigenvalue weighted by Gasteiger charge is 2.57. The smallest absolute Gasteiger partial charge is 0.415 e. The van der Waals surface area contributed by atoms with Crippen molar-refractivity contribution in [2.24, 2.45) is 5.73 Å². The van der Waals surface area contributed by atoms with E-state index in [1.807, 2.05) is 24.3 Å². The Balaban J connectivity index is 1.98. The van der Waals surface area contributed by atoms with E-state index in [4.69, 9.17) is 10.5 Å². The Hall–Kier alpha value is -1.55. The Bertz CT molecular complexity index is 440. The summed E-state index contributed by atoms with van der Waals surface area (Å²) in [7, 11) is 0. The molecule has 1 amide bonds. The highest BCUT2D eigenvalue weighted by Crippen LogP contribution is 2.48. The quantitative estimate of drug-likeness (QED) is 0.820. The first-order chi connectivity index (χ1) is 7.75. The maximum Gasteiger partial charge on any atom is 0.415 e. The number of carbonyl (C=O) groups is 1. The number of anilines is 1. The lowest BCUT2D eigenvalue weighted by Crippen LogP contribution is -2.35. The van der Waals surface area contributed by atoms with Crippen molar-refractivity contribution >= 4 is 11.8 Å². The van der Waals surface area contributed by atoms with Gasteiger partial charge in [0, 0.05) is 12.2 Å². The van der Waals surface area contributed by atoms with E-state index in [1.54, 1.807) is 4.90 Å². The third-order valence-corrected chi connectivity index (χ3v) is 3.35. The summed E-state index contributed by atoms with van der Waals surface area (Å²) in [5, 5.41) is 0. The normalized spacial score (nSPS) is 21.3. The zero-order valence-electron chi connectivity index (χ0n) is 8.98. The number of nitrogens with two attached hydrogens (primary N) is 1. The monoisotopic (exact) mass is 218 g/mol. The number of ether oxygens (including phenoxy) is 1. The van der Waals surface area contributed by atoms with Crippen LogP contribution in [0.5, 0.6) is 0 Å². The summed E-state index contributed by atoms with van der Waals surface area (Å²) in [6.07, 6.45) is 1.84. The van der Waals surface area contributed by atoms with E-state index in [9.17, 15) is 4.79 Å². The first-order valence-electron chi connectivity index (χ1n) is 5.51. The summed E-state index contributed by atoms with van der Waals surface area (Å²) >= 11 is 0. The van der Waals surface area contributed by atoms with Crippen LogP contribution in [-0.2, 0) is 11.3 Å². The van der Waals surface area contributed by atoms with Gasteiger partial charge in [0.1, 0.15) is 6.61 Å². The van der Waals surface area contributed by atoms with Gasteiger partial charge in [-0.2, -0.15) is 0 Å². The fourth-order valence-electron chi connectivity index (χ4n) is 2.23. The second-order valence-corrected chi connectivity index (χ2v) is 4.49. The molecule has 1 saturated heterocycles. The number of cyclic esters (lactones) is 1. The van der Waals surface area contributed by atoms with Crippen LogP contribution in [0.2, 0.25) is 0 Å². The van der Waals surface area contributed by atoms with Crippen LogP contribution >= 0.6 is 0 Å². The summed E-state index contributed by atoms with van der Waals surface area (Å²) in [6, 6.07) is 7.79. The minimum absolute atomic E-state index is 0.0513. The lowest BCUT2D eigenvalue weighted by atomic mass is 10.1. The number of carbonyl (C=O) groups excluding carboxylic acids is 1. The van der Waals surface area contributed by atoms with Crippen LogP contribution in [0.25, 0.3) is 0 Å². The molecule has 1 aliphatic heterocycles. The number of nitrogens with zero attached hydrogens (tertiary/aromatic N) is 1. The van der Waals surface area contributed by atoms with Gasteiger partial charge in [-0.3, -0.25) is 4.90 Å². The van der Waals surface area contributed by atoms with E-state index < -0.39 is 0 Å². The molecule has 2 N–H and O–H groups in total. The Morgan fingerprint density at radius 1 is 1.44 bits per heavy atom. The Morgan fingerprint density at radius 2 is 2.25 bits per heavy atom. The molecule has 4 nitrogen and oxygen atoms in total. The standard InChI is InChI=1S/C12H14N2O2/c13-7-9-2-1-3-10(6-9)14-11(15)16-8-12(14)4-5-12/h1-3,6H,4-5,7-8,13H2. The molecule has 1 aromatic rings. The Kier molecular flexibility index (Phi) is 1.94. The summed E-state index contributed by atoms with van der Waals surface area (Å²) in [6.45, 7) is 1.02. The van der Waals surface area contributed by atoms with Crippen molar-refractivity contribution in [1.29, 1.82) is 0 Å². The third-order valence-electron chi connectivity index (χ3n) is 3.35. The number of benzene rings is 1. The van der Waals surface area contributed by atoms with Crippen molar-refractivity contribution < 1.29 is 9.53 Å². The van der Waals surface area contributed by atoms with Gasteiger partial charge >= 0.3 is 6.09 Å². The molecule has 4 heteroatoms. The molecule has 1 saturated carbocycles. The largest absolute Gasteiger partial charge is 0.447 e. The van der Waals surface area contributed by atoms with Gasteiger partial charge in [0.15, 0.2) is 0 Å². The molecule has 1 aliphatic carbocycles. The molecule has 84 valence electrons. The lowest BCUT2D eigenvalue weighted by molar-refractivity contribution is 0.178. The maximum atomic E-state index is 11.7. The van der Waals surface area contributed by atoms with E-state index >= 15 is 0 Å². The van der Waals surface area contributed by atoms with E-state index in [1.165, 1.54) is 0 Å². The molecular formula is C12H14N2O2.